The molecule has 40 heavy (non-hydrogen) atoms. The second-order valence-corrected chi connectivity index (χ2v) is 15.3. The number of halogens is 1. The number of rotatable bonds is 8. The van der Waals surface area contributed by atoms with E-state index in [2.05, 4.69) is 52.9 Å². The summed E-state index contributed by atoms with van der Waals surface area (Å²) < 4.78 is 5.92. The van der Waals surface area contributed by atoms with E-state index < -0.39 is 0 Å². The number of anilines is 1. The normalized spacial score (nSPS) is 36.6. The predicted octanol–water partition coefficient (Wildman–Crippen LogP) is 10.9. The Labute approximate surface area is 249 Å². The molecule has 0 aromatic heterocycles. The molecular weight excluding hydrogens is 514 g/mol. The Morgan fingerprint density at radius 2 is 1.77 bits per heavy atom. The number of allylic oxidation sites excluding steroid dienone is 1. The quantitative estimate of drug-likeness (QED) is 0.317. The van der Waals surface area contributed by atoms with Crippen molar-refractivity contribution in [1.29, 1.82) is 0 Å². The summed E-state index contributed by atoms with van der Waals surface area (Å²) in [6, 6.07) is 7.18. The molecule has 4 aliphatic carbocycles. The summed E-state index contributed by atoms with van der Waals surface area (Å²) in [5.74, 6) is 5.91. The molecule has 4 heteroatoms. The molecule has 3 fully saturated rings. The highest BCUT2D eigenvalue weighted by atomic mass is 35.5. The third-order valence-corrected chi connectivity index (χ3v) is 12.9. The molecule has 1 N–H and O–H groups in total. The zero-order chi connectivity index (χ0) is 28.7. The second kappa shape index (κ2) is 12.0. The van der Waals surface area contributed by atoms with E-state index in [1.807, 2.05) is 12.1 Å². The van der Waals surface area contributed by atoms with E-state index in [0.29, 0.717) is 16.1 Å². The summed E-state index contributed by atoms with van der Waals surface area (Å²) >= 11 is 5.98. The van der Waals surface area contributed by atoms with Crippen LogP contribution in [0.15, 0.2) is 35.9 Å². The van der Waals surface area contributed by atoms with Crippen molar-refractivity contribution in [3.8, 4) is 0 Å². The Morgan fingerprint density at radius 1 is 1.02 bits per heavy atom. The van der Waals surface area contributed by atoms with Gasteiger partial charge >= 0.3 is 6.09 Å². The van der Waals surface area contributed by atoms with Gasteiger partial charge in [0.2, 0.25) is 0 Å². The molecule has 0 radical (unpaired) electrons. The molecule has 0 saturated heterocycles. The number of hydrogen-bond donors (Lipinski definition) is 1. The molecule has 0 heterocycles. The molecule has 1 amide bonds. The van der Waals surface area contributed by atoms with Crippen LogP contribution in [0.3, 0.4) is 0 Å². The maximum absolute atomic E-state index is 12.6. The Balaban J connectivity index is 1.21. The summed E-state index contributed by atoms with van der Waals surface area (Å²) in [4.78, 5) is 12.6. The minimum atomic E-state index is -0.358. The molecule has 3 nitrogen and oxygen atoms in total. The first-order chi connectivity index (χ1) is 19.0. The molecule has 9 atom stereocenters. The lowest BCUT2D eigenvalue weighted by atomic mass is 9.47. The van der Waals surface area contributed by atoms with E-state index in [0.717, 1.165) is 60.7 Å². The van der Waals surface area contributed by atoms with Gasteiger partial charge in [0.05, 0.1) is 0 Å². The summed E-state index contributed by atoms with van der Waals surface area (Å²) in [5.41, 5.74) is 3.07. The third-order valence-electron chi connectivity index (χ3n) is 12.6. The van der Waals surface area contributed by atoms with Gasteiger partial charge in [0, 0.05) is 17.1 Å². The van der Waals surface area contributed by atoms with Crippen molar-refractivity contribution in [3.63, 3.8) is 0 Å². The minimum Gasteiger partial charge on any atom is -0.446 e. The number of nitrogens with one attached hydrogen (secondary N) is 1. The van der Waals surface area contributed by atoms with E-state index in [-0.39, 0.29) is 17.6 Å². The third kappa shape index (κ3) is 5.75. The Morgan fingerprint density at radius 3 is 2.48 bits per heavy atom. The molecule has 222 valence electrons. The first-order valence-electron chi connectivity index (χ1n) is 16.5. The van der Waals surface area contributed by atoms with Gasteiger partial charge in [0.25, 0.3) is 0 Å². The second-order valence-electron chi connectivity index (χ2n) is 14.9. The van der Waals surface area contributed by atoms with Crippen molar-refractivity contribution in [2.75, 3.05) is 5.32 Å². The topological polar surface area (TPSA) is 38.3 Å². The summed E-state index contributed by atoms with van der Waals surface area (Å²) in [6.07, 6.45) is 16.2. The first kappa shape index (κ1) is 30.0. The lowest BCUT2D eigenvalue weighted by molar-refractivity contribution is -0.0579. The van der Waals surface area contributed by atoms with Gasteiger partial charge in [-0.25, -0.2) is 4.79 Å². The van der Waals surface area contributed by atoms with Crippen LogP contribution in [0.4, 0.5) is 10.5 Å². The molecule has 5 rings (SSSR count). The number of ether oxygens (including phenoxy) is 1. The van der Waals surface area contributed by atoms with Crippen LogP contribution in [0.5, 0.6) is 0 Å². The summed E-state index contributed by atoms with van der Waals surface area (Å²) in [6.45, 7) is 15.0. The van der Waals surface area contributed by atoms with Crippen LogP contribution in [0.1, 0.15) is 112 Å². The van der Waals surface area contributed by atoms with Crippen molar-refractivity contribution < 1.29 is 9.53 Å². The van der Waals surface area contributed by atoms with Gasteiger partial charge in [-0.15, -0.1) is 0 Å². The first-order valence-corrected chi connectivity index (χ1v) is 16.9. The van der Waals surface area contributed by atoms with E-state index in [1.54, 1.807) is 17.7 Å². The fourth-order valence-corrected chi connectivity index (χ4v) is 10.3. The average molecular weight is 568 g/mol. The van der Waals surface area contributed by atoms with Crippen LogP contribution >= 0.6 is 11.6 Å². The monoisotopic (exact) mass is 567 g/mol. The maximum atomic E-state index is 12.6. The number of fused-ring (bicyclic) bond motifs is 5. The van der Waals surface area contributed by atoms with Crippen LogP contribution in [-0.4, -0.2) is 12.2 Å². The fourth-order valence-electron chi connectivity index (χ4n) is 10.2. The van der Waals surface area contributed by atoms with Gasteiger partial charge in [-0.1, -0.05) is 77.6 Å². The van der Waals surface area contributed by atoms with Crippen molar-refractivity contribution in [2.24, 2.45) is 52.3 Å². The molecule has 0 unspecified atom stereocenters. The lowest BCUT2D eigenvalue weighted by Crippen LogP contribution is -2.51. The molecule has 0 spiro atoms. The van der Waals surface area contributed by atoms with Gasteiger partial charge in [-0.3, -0.25) is 5.32 Å². The molecule has 0 aliphatic heterocycles. The Kier molecular flexibility index (Phi) is 9.01. The largest absolute Gasteiger partial charge is 0.446 e. The maximum Gasteiger partial charge on any atom is 0.411 e. The molecule has 0 bridgehead atoms. The zero-order valence-electron chi connectivity index (χ0n) is 26.0. The molecule has 3 saturated carbocycles. The summed E-state index contributed by atoms with van der Waals surface area (Å²) in [7, 11) is 0. The van der Waals surface area contributed by atoms with Crippen molar-refractivity contribution in [3.05, 3.63) is 40.9 Å². The Hall–Kier alpha value is -1.48. The average Bonchev–Trinajstić information content (AvgIpc) is 3.27. The molecule has 1 aromatic carbocycles. The number of hydrogen-bond acceptors (Lipinski definition) is 2. The standard InChI is InChI=1S/C36H54ClNO2/c1-7-25(23(2)3)9-8-24(4)31-16-17-32-30-15-10-26-22-29(40-34(39)38-28-13-11-27(37)12-14-28)18-20-35(26,5)33(30)19-21-36(31,32)6/h10-14,23-25,29-33H,7-9,15-22H2,1-6H3,(H,38,39)/t24-,25-,29-,30-,31+,32-,33-,35-,36+/m0/s1. The van der Waals surface area contributed by atoms with Gasteiger partial charge in [0.15, 0.2) is 0 Å². The molecule has 4 aliphatic rings. The van der Waals surface area contributed by atoms with Gasteiger partial charge in [-0.2, -0.15) is 0 Å². The molecular formula is C36H54ClNO2. The lowest BCUT2D eigenvalue weighted by Gasteiger charge is -2.58. The van der Waals surface area contributed by atoms with Crippen LogP contribution in [0.25, 0.3) is 0 Å². The van der Waals surface area contributed by atoms with Crippen molar-refractivity contribution >= 4 is 23.4 Å². The summed E-state index contributed by atoms with van der Waals surface area (Å²) in [5, 5.41) is 3.53. The van der Waals surface area contributed by atoms with E-state index >= 15 is 0 Å². The zero-order valence-corrected chi connectivity index (χ0v) is 26.7. The Bertz CT molecular complexity index is 1070. The fraction of sp³-hybridized carbons (Fsp3) is 0.750. The van der Waals surface area contributed by atoms with E-state index in [4.69, 9.17) is 16.3 Å². The van der Waals surface area contributed by atoms with Crippen LogP contribution < -0.4 is 5.32 Å². The van der Waals surface area contributed by atoms with Gasteiger partial charge < -0.3 is 4.74 Å². The van der Waals surface area contributed by atoms with Gasteiger partial charge in [-0.05, 0) is 128 Å². The van der Waals surface area contributed by atoms with Gasteiger partial charge in [0.1, 0.15) is 6.10 Å². The van der Waals surface area contributed by atoms with E-state index in [9.17, 15) is 4.79 Å². The highest BCUT2D eigenvalue weighted by Gasteiger charge is 2.59. The number of carbonyl (C=O) groups excluding carboxylic acids is 1. The minimum absolute atomic E-state index is 0.0356. The van der Waals surface area contributed by atoms with Crippen LogP contribution in [0, 0.1) is 52.3 Å². The molecule has 1 aromatic rings. The van der Waals surface area contributed by atoms with Crippen LogP contribution in [0.2, 0.25) is 5.02 Å². The predicted molar refractivity (Wildman–Crippen MR) is 168 cm³/mol. The highest BCUT2D eigenvalue weighted by Crippen LogP contribution is 2.67. The number of carbonyl (C=O) groups is 1. The number of benzene rings is 1. The van der Waals surface area contributed by atoms with Crippen molar-refractivity contribution in [2.45, 2.75) is 118 Å². The number of amides is 1. The SMILES string of the molecule is CC[C@@H](CC[C@H](C)[C@H]1CC[C@H]2[C@@H]3CC=C4C[C@@H](OC(=O)Nc5ccc(Cl)cc5)CC[C@]4(C)[C@H]3CC[C@]12C)C(C)C. The van der Waals surface area contributed by atoms with E-state index in [1.165, 1.54) is 51.4 Å². The van der Waals surface area contributed by atoms with Crippen molar-refractivity contribution in [1.82, 2.24) is 0 Å². The smallest absolute Gasteiger partial charge is 0.411 e. The highest BCUT2D eigenvalue weighted by molar-refractivity contribution is 6.30. The van der Waals surface area contributed by atoms with Crippen LogP contribution in [-0.2, 0) is 4.74 Å².